The zero-order valence-corrected chi connectivity index (χ0v) is 18.6. The molecule has 6 heteroatoms. The van der Waals surface area contributed by atoms with Gasteiger partial charge in [0.25, 0.3) is 0 Å². The number of ether oxygens (including phenoxy) is 2. The van der Waals surface area contributed by atoms with Gasteiger partial charge in [-0.3, -0.25) is 9.69 Å². The molecule has 4 rings (SSSR count). The first-order valence-corrected chi connectivity index (χ1v) is 11.1. The Hall–Kier alpha value is -1.34. The second kappa shape index (κ2) is 8.19. The van der Waals surface area contributed by atoms with Crippen LogP contribution in [0, 0.1) is 13.8 Å². The minimum Gasteiger partial charge on any atom is -0.491 e. The van der Waals surface area contributed by atoms with Gasteiger partial charge in [-0.25, -0.2) is 0 Å². The molecule has 0 saturated carbocycles. The summed E-state index contributed by atoms with van der Waals surface area (Å²) in [5.41, 5.74) is 2.94. The van der Waals surface area contributed by atoms with Crippen LogP contribution in [0.15, 0.2) is 45.8 Å². The largest absolute Gasteiger partial charge is 0.491 e. The molecule has 1 fully saturated rings. The summed E-state index contributed by atoms with van der Waals surface area (Å²) >= 11 is 5.19. The fourth-order valence-electron chi connectivity index (χ4n) is 3.64. The fraction of sp³-hybridized carbons (Fsp3) is 0.409. The molecule has 0 aliphatic carbocycles. The van der Waals surface area contributed by atoms with E-state index in [1.54, 1.807) is 11.8 Å². The van der Waals surface area contributed by atoms with Crippen LogP contribution in [-0.2, 0) is 4.74 Å². The average Bonchev–Trinajstić information content (AvgIpc) is 2.69. The van der Waals surface area contributed by atoms with Gasteiger partial charge in [0.1, 0.15) is 17.1 Å². The Kier molecular flexibility index (Phi) is 5.83. The number of fused-ring (bicyclic) bond motifs is 1. The second-order valence-electron chi connectivity index (χ2n) is 7.51. The highest BCUT2D eigenvalue weighted by atomic mass is 79.9. The number of aryl methyl sites for hydroxylation is 2. The molecule has 2 aliphatic rings. The first-order chi connectivity index (χ1) is 13.5. The van der Waals surface area contributed by atoms with Crippen LogP contribution in [0.25, 0.3) is 0 Å². The number of Topliss-reactive ketones (excluding diaryl/α,β-unsaturated/α-hetero) is 1. The Bertz CT molecular complexity index is 880. The first-order valence-electron chi connectivity index (χ1n) is 9.50. The Labute approximate surface area is 178 Å². The van der Waals surface area contributed by atoms with Gasteiger partial charge >= 0.3 is 0 Å². The lowest BCUT2D eigenvalue weighted by Gasteiger charge is -2.40. The van der Waals surface area contributed by atoms with Crippen molar-refractivity contribution in [2.75, 3.05) is 39.5 Å². The van der Waals surface area contributed by atoms with Crippen molar-refractivity contribution in [3.8, 4) is 5.75 Å². The van der Waals surface area contributed by atoms with Crippen molar-refractivity contribution in [3.63, 3.8) is 0 Å². The molecule has 2 aromatic rings. The quantitative estimate of drug-likeness (QED) is 0.669. The number of benzene rings is 2. The van der Waals surface area contributed by atoms with E-state index >= 15 is 0 Å². The number of thioether (sulfide) groups is 1. The highest BCUT2D eigenvalue weighted by molar-refractivity contribution is 9.10. The lowest BCUT2D eigenvalue weighted by Crippen LogP contribution is -2.54. The van der Waals surface area contributed by atoms with Crippen molar-refractivity contribution in [1.29, 1.82) is 0 Å². The van der Waals surface area contributed by atoms with Crippen molar-refractivity contribution in [2.24, 2.45) is 0 Å². The maximum absolute atomic E-state index is 13.8. The predicted octanol–water partition coefficient (Wildman–Crippen LogP) is 4.50. The van der Waals surface area contributed by atoms with E-state index in [1.807, 2.05) is 19.1 Å². The maximum Gasteiger partial charge on any atom is 0.187 e. The molecular weight excluding hydrogens is 438 g/mol. The van der Waals surface area contributed by atoms with Crippen molar-refractivity contribution < 1.29 is 14.3 Å². The third-order valence-electron chi connectivity index (χ3n) is 5.30. The molecule has 1 unspecified atom stereocenters. The normalized spacial score (nSPS) is 22.6. The van der Waals surface area contributed by atoms with E-state index in [-0.39, 0.29) is 5.78 Å². The molecular formula is C22H24BrNO3S. The average molecular weight is 462 g/mol. The first kappa shape index (κ1) is 20.0. The second-order valence-corrected chi connectivity index (χ2v) is 9.82. The highest BCUT2D eigenvalue weighted by Gasteiger charge is 2.46. The fourth-order valence-corrected chi connectivity index (χ4v) is 5.27. The van der Waals surface area contributed by atoms with Crippen molar-refractivity contribution >= 4 is 33.5 Å². The molecule has 0 bridgehead atoms. The summed E-state index contributed by atoms with van der Waals surface area (Å²) in [6.07, 6.45) is 0. The molecule has 2 aromatic carbocycles. The van der Waals surface area contributed by atoms with E-state index < -0.39 is 4.75 Å². The van der Waals surface area contributed by atoms with Gasteiger partial charge < -0.3 is 9.47 Å². The summed E-state index contributed by atoms with van der Waals surface area (Å²) in [4.78, 5) is 17.2. The maximum atomic E-state index is 13.8. The number of carbonyl (C=O) groups is 1. The molecule has 0 radical (unpaired) electrons. The monoisotopic (exact) mass is 461 g/mol. The molecule has 1 saturated heterocycles. The molecule has 0 aromatic heterocycles. The molecule has 2 heterocycles. The van der Waals surface area contributed by atoms with Gasteiger partial charge in [0.15, 0.2) is 5.78 Å². The minimum absolute atomic E-state index is 0.145. The molecule has 1 atom stereocenters. The van der Waals surface area contributed by atoms with Crippen LogP contribution in [0.4, 0.5) is 0 Å². The summed E-state index contributed by atoms with van der Waals surface area (Å²) in [5, 5.41) is 0. The molecule has 0 spiro atoms. The van der Waals surface area contributed by atoms with Gasteiger partial charge in [-0.2, -0.15) is 0 Å². The van der Waals surface area contributed by atoms with Crippen LogP contribution in [0.3, 0.4) is 0 Å². The van der Waals surface area contributed by atoms with Crippen LogP contribution in [0.1, 0.15) is 21.5 Å². The SMILES string of the molecule is Cc1ccc(SC2(CN3CCOCC3)COc3cc(C)c(Br)cc3C2=O)cc1. The van der Waals surface area contributed by atoms with E-state index in [0.29, 0.717) is 37.7 Å². The lowest BCUT2D eigenvalue weighted by molar-refractivity contribution is 0.0287. The highest BCUT2D eigenvalue weighted by Crippen LogP contribution is 2.43. The van der Waals surface area contributed by atoms with Gasteiger partial charge in [0, 0.05) is 29.0 Å². The number of hydrogen-bond acceptors (Lipinski definition) is 5. The van der Waals surface area contributed by atoms with Gasteiger partial charge in [-0.15, -0.1) is 11.8 Å². The molecule has 2 aliphatic heterocycles. The third kappa shape index (κ3) is 4.01. The summed E-state index contributed by atoms with van der Waals surface area (Å²) in [6, 6.07) is 12.2. The molecule has 4 nitrogen and oxygen atoms in total. The van der Waals surface area contributed by atoms with Crippen molar-refractivity contribution in [2.45, 2.75) is 23.5 Å². The van der Waals surface area contributed by atoms with Crippen LogP contribution >= 0.6 is 27.7 Å². The molecule has 0 amide bonds. The minimum atomic E-state index is -0.672. The Morgan fingerprint density at radius 2 is 1.86 bits per heavy atom. The Balaban J connectivity index is 1.70. The van der Waals surface area contributed by atoms with E-state index in [1.165, 1.54) is 5.56 Å². The van der Waals surface area contributed by atoms with E-state index in [9.17, 15) is 4.79 Å². The third-order valence-corrected chi connectivity index (χ3v) is 7.48. The van der Waals surface area contributed by atoms with E-state index in [4.69, 9.17) is 9.47 Å². The Morgan fingerprint density at radius 1 is 1.14 bits per heavy atom. The van der Waals surface area contributed by atoms with Crippen molar-refractivity contribution in [1.82, 2.24) is 4.90 Å². The number of halogens is 1. The number of ketones is 1. The van der Waals surface area contributed by atoms with Crippen LogP contribution < -0.4 is 4.74 Å². The van der Waals surface area contributed by atoms with Gasteiger partial charge in [0.05, 0.1) is 18.8 Å². The molecule has 28 heavy (non-hydrogen) atoms. The number of morpholine rings is 1. The lowest BCUT2D eigenvalue weighted by atomic mass is 9.92. The Morgan fingerprint density at radius 3 is 2.57 bits per heavy atom. The summed E-state index contributed by atoms with van der Waals surface area (Å²) in [5.74, 6) is 0.833. The zero-order valence-electron chi connectivity index (χ0n) is 16.2. The van der Waals surface area contributed by atoms with E-state index in [2.05, 4.69) is 52.0 Å². The summed E-state index contributed by atoms with van der Waals surface area (Å²) < 4.78 is 11.9. The van der Waals surface area contributed by atoms with Gasteiger partial charge in [-0.1, -0.05) is 33.6 Å². The smallest absolute Gasteiger partial charge is 0.187 e. The molecule has 0 N–H and O–H groups in total. The number of carbonyl (C=O) groups excluding carboxylic acids is 1. The van der Waals surface area contributed by atoms with Crippen LogP contribution in [0.5, 0.6) is 5.75 Å². The zero-order chi connectivity index (χ0) is 19.7. The van der Waals surface area contributed by atoms with Crippen molar-refractivity contribution in [3.05, 3.63) is 57.6 Å². The topological polar surface area (TPSA) is 38.8 Å². The van der Waals surface area contributed by atoms with E-state index in [0.717, 1.165) is 28.0 Å². The van der Waals surface area contributed by atoms with Gasteiger partial charge in [0.2, 0.25) is 0 Å². The standard InChI is InChI=1S/C22H24BrNO3S/c1-15-3-5-17(6-4-15)28-22(13-24-7-9-26-10-8-24)14-27-20-11-16(2)19(23)12-18(20)21(22)25/h3-6,11-12H,7-10,13-14H2,1-2H3. The van der Waals surface area contributed by atoms with Crippen LogP contribution in [-0.4, -0.2) is 54.9 Å². The number of hydrogen-bond donors (Lipinski definition) is 0. The predicted molar refractivity (Wildman–Crippen MR) is 116 cm³/mol. The van der Waals surface area contributed by atoms with Crippen LogP contribution in [0.2, 0.25) is 0 Å². The summed E-state index contributed by atoms with van der Waals surface area (Å²) in [6.45, 7) is 8.21. The molecule has 148 valence electrons. The summed E-state index contributed by atoms with van der Waals surface area (Å²) in [7, 11) is 0. The number of rotatable bonds is 4. The number of nitrogens with zero attached hydrogens (tertiary/aromatic N) is 1. The van der Waals surface area contributed by atoms with Gasteiger partial charge in [-0.05, 0) is 43.7 Å².